The Hall–Kier alpha value is -1.49. The number of rotatable bonds is 1. The molecule has 0 bridgehead atoms. The molecule has 0 aliphatic carbocycles. The summed E-state index contributed by atoms with van der Waals surface area (Å²) in [4.78, 5) is 0. The van der Waals surface area contributed by atoms with Crippen LogP contribution in [0.5, 0.6) is 0 Å². The Bertz CT molecular complexity index is 607. The second kappa shape index (κ2) is 4.00. The summed E-state index contributed by atoms with van der Waals surface area (Å²) in [6.45, 7) is 0.405. The summed E-state index contributed by atoms with van der Waals surface area (Å²) in [7, 11) is 1.78. The van der Waals surface area contributed by atoms with E-state index in [2.05, 4.69) is 5.32 Å². The van der Waals surface area contributed by atoms with Gasteiger partial charge >= 0.3 is 6.18 Å². The van der Waals surface area contributed by atoms with Crippen molar-refractivity contribution in [2.24, 2.45) is 7.05 Å². The largest absolute Gasteiger partial charge is 0.410 e. The molecule has 1 fully saturated rings. The Balaban J connectivity index is 2.28. The van der Waals surface area contributed by atoms with Crippen molar-refractivity contribution < 1.29 is 13.2 Å². The molecule has 5 heteroatoms. The lowest BCUT2D eigenvalue weighted by molar-refractivity contribution is -0.195. The smallest absolute Gasteiger partial charge is 0.350 e. The van der Waals surface area contributed by atoms with Gasteiger partial charge in [-0.25, -0.2) is 0 Å². The normalized spacial score (nSPS) is 24.2. The van der Waals surface area contributed by atoms with E-state index >= 15 is 0 Å². The zero-order chi connectivity index (χ0) is 13.7. The summed E-state index contributed by atoms with van der Waals surface area (Å²) in [6.07, 6.45) is -2.03. The van der Waals surface area contributed by atoms with Crippen molar-refractivity contribution in [3.8, 4) is 0 Å². The molecule has 19 heavy (non-hydrogen) atoms. The van der Waals surface area contributed by atoms with E-state index in [0.717, 1.165) is 5.52 Å². The maximum atomic E-state index is 13.6. The number of para-hydroxylation sites is 1. The van der Waals surface area contributed by atoms with Crippen LogP contribution in [0.3, 0.4) is 0 Å². The highest BCUT2D eigenvalue weighted by atomic mass is 19.4. The number of aryl methyl sites for hydroxylation is 1. The van der Waals surface area contributed by atoms with Crippen LogP contribution in [0.15, 0.2) is 30.5 Å². The molecule has 0 radical (unpaired) electrons. The van der Waals surface area contributed by atoms with Crippen LogP contribution in [0.2, 0.25) is 0 Å². The summed E-state index contributed by atoms with van der Waals surface area (Å²) in [5, 5.41) is 3.37. The van der Waals surface area contributed by atoms with Gasteiger partial charge in [0.05, 0.1) is 0 Å². The van der Waals surface area contributed by atoms with E-state index in [9.17, 15) is 13.2 Å². The first kappa shape index (κ1) is 12.5. The van der Waals surface area contributed by atoms with Gasteiger partial charge in [0.15, 0.2) is 0 Å². The molecular weight excluding hydrogens is 253 g/mol. The Kier molecular flexibility index (Phi) is 2.64. The van der Waals surface area contributed by atoms with E-state index in [1.807, 2.05) is 12.1 Å². The van der Waals surface area contributed by atoms with Crippen LogP contribution < -0.4 is 5.32 Å². The second-order valence-corrected chi connectivity index (χ2v) is 5.10. The van der Waals surface area contributed by atoms with Crippen molar-refractivity contribution in [3.05, 3.63) is 36.0 Å². The maximum Gasteiger partial charge on any atom is 0.410 e. The van der Waals surface area contributed by atoms with E-state index in [-0.39, 0.29) is 6.42 Å². The summed E-state index contributed by atoms with van der Waals surface area (Å²) in [6, 6.07) is 7.23. The first-order valence-electron chi connectivity index (χ1n) is 6.32. The molecule has 102 valence electrons. The number of aromatic nitrogens is 1. The molecule has 2 aromatic rings. The van der Waals surface area contributed by atoms with Gasteiger partial charge in [0.2, 0.25) is 0 Å². The van der Waals surface area contributed by atoms with Crippen LogP contribution in [-0.2, 0) is 12.6 Å². The van der Waals surface area contributed by atoms with Crippen molar-refractivity contribution in [3.63, 3.8) is 0 Å². The Morgan fingerprint density at radius 2 is 2.00 bits per heavy atom. The minimum absolute atomic E-state index is 0.102. The lowest BCUT2D eigenvalue weighted by Crippen LogP contribution is -2.49. The summed E-state index contributed by atoms with van der Waals surface area (Å²) in [5.41, 5.74) is -0.723. The quantitative estimate of drug-likeness (QED) is 0.839. The minimum atomic E-state index is -4.28. The van der Waals surface area contributed by atoms with Crippen molar-refractivity contribution in [2.75, 3.05) is 6.54 Å². The van der Waals surface area contributed by atoms with E-state index in [1.54, 1.807) is 29.9 Å². The van der Waals surface area contributed by atoms with E-state index in [0.29, 0.717) is 23.9 Å². The standard InChI is InChI=1S/C14H15F3N2/c1-19-9-11(10-5-2-3-6-12(10)19)13(14(15,16)17)7-4-8-18-13/h2-3,5-6,9,18H,4,7-8H2,1H3. The third-order valence-corrected chi connectivity index (χ3v) is 4.00. The van der Waals surface area contributed by atoms with Crippen LogP contribution in [0.25, 0.3) is 10.9 Å². The predicted molar refractivity (Wildman–Crippen MR) is 67.9 cm³/mol. The third-order valence-electron chi connectivity index (χ3n) is 4.00. The maximum absolute atomic E-state index is 13.6. The number of alkyl halides is 3. The molecule has 2 nitrogen and oxygen atoms in total. The number of hydrogen-bond donors (Lipinski definition) is 1. The highest BCUT2D eigenvalue weighted by molar-refractivity contribution is 5.85. The van der Waals surface area contributed by atoms with Crippen LogP contribution in [-0.4, -0.2) is 17.3 Å². The van der Waals surface area contributed by atoms with Gasteiger partial charge in [-0.1, -0.05) is 18.2 Å². The highest BCUT2D eigenvalue weighted by Crippen LogP contribution is 2.47. The molecule has 1 aliphatic rings. The van der Waals surface area contributed by atoms with E-state index in [1.165, 1.54) is 0 Å². The Labute approximate surface area is 109 Å². The first-order valence-corrected chi connectivity index (χ1v) is 6.32. The van der Waals surface area contributed by atoms with Gasteiger partial charge in [0, 0.05) is 29.7 Å². The van der Waals surface area contributed by atoms with Gasteiger partial charge in [0.25, 0.3) is 0 Å². The fraction of sp³-hybridized carbons (Fsp3) is 0.429. The fourth-order valence-electron chi connectivity index (χ4n) is 3.05. The van der Waals surface area contributed by atoms with Gasteiger partial charge in [-0.2, -0.15) is 13.2 Å². The summed E-state index contributed by atoms with van der Waals surface area (Å²) >= 11 is 0. The molecule has 0 saturated carbocycles. The number of nitrogens with one attached hydrogen (secondary N) is 1. The summed E-state index contributed by atoms with van der Waals surface area (Å²) < 4.78 is 42.5. The molecule has 1 atom stereocenters. The van der Waals surface area contributed by atoms with Gasteiger partial charge in [-0.3, -0.25) is 5.32 Å². The zero-order valence-corrected chi connectivity index (χ0v) is 10.6. The average Bonchev–Trinajstić information content (AvgIpc) is 2.95. The van der Waals surface area contributed by atoms with Crippen LogP contribution >= 0.6 is 0 Å². The molecular formula is C14H15F3N2. The number of benzene rings is 1. The molecule has 0 spiro atoms. The topological polar surface area (TPSA) is 17.0 Å². The van der Waals surface area contributed by atoms with Crippen molar-refractivity contribution in [1.29, 1.82) is 0 Å². The van der Waals surface area contributed by atoms with Gasteiger partial charge in [-0.15, -0.1) is 0 Å². The number of fused-ring (bicyclic) bond motifs is 1. The second-order valence-electron chi connectivity index (χ2n) is 5.10. The van der Waals surface area contributed by atoms with Gasteiger partial charge in [-0.05, 0) is 25.5 Å². The Morgan fingerprint density at radius 1 is 1.26 bits per heavy atom. The van der Waals surface area contributed by atoms with Crippen molar-refractivity contribution in [1.82, 2.24) is 9.88 Å². The molecule has 1 aromatic heterocycles. The van der Waals surface area contributed by atoms with Crippen molar-refractivity contribution >= 4 is 10.9 Å². The minimum Gasteiger partial charge on any atom is -0.350 e. The molecule has 1 N–H and O–H groups in total. The van der Waals surface area contributed by atoms with E-state index in [4.69, 9.17) is 0 Å². The Morgan fingerprint density at radius 3 is 2.63 bits per heavy atom. The van der Waals surface area contributed by atoms with Crippen LogP contribution in [0.1, 0.15) is 18.4 Å². The number of halogens is 3. The molecule has 2 heterocycles. The third kappa shape index (κ3) is 1.68. The predicted octanol–water partition coefficient (Wildman–Crippen LogP) is 3.32. The van der Waals surface area contributed by atoms with Crippen molar-refractivity contribution in [2.45, 2.75) is 24.6 Å². The molecule has 0 amide bonds. The molecule has 1 unspecified atom stereocenters. The molecule has 3 rings (SSSR count). The van der Waals surface area contributed by atoms with Crippen LogP contribution in [0.4, 0.5) is 13.2 Å². The summed E-state index contributed by atoms with van der Waals surface area (Å²) in [5.74, 6) is 0. The average molecular weight is 268 g/mol. The fourth-order valence-corrected chi connectivity index (χ4v) is 3.05. The first-order chi connectivity index (χ1) is 8.96. The lowest BCUT2D eigenvalue weighted by atomic mass is 9.87. The molecule has 1 aliphatic heterocycles. The van der Waals surface area contributed by atoms with Gasteiger partial charge in [0.1, 0.15) is 5.54 Å². The number of hydrogen-bond acceptors (Lipinski definition) is 1. The SMILES string of the molecule is Cn1cc(C2(C(F)(F)F)CCCN2)c2ccccc21. The van der Waals surface area contributed by atoms with E-state index < -0.39 is 11.7 Å². The zero-order valence-electron chi connectivity index (χ0n) is 10.6. The monoisotopic (exact) mass is 268 g/mol. The van der Waals surface area contributed by atoms with Gasteiger partial charge < -0.3 is 4.57 Å². The molecule has 1 saturated heterocycles. The van der Waals surface area contributed by atoms with Crippen LogP contribution in [0, 0.1) is 0 Å². The molecule has 1 aromatic carbocycles. The lowest BCUT2D eigenvalue weighted by Gasteiger charge is -2.32. The number of nitrogens with zero attached hydrogens (tertiary/aromatic N) is 1. The highest BCUT2D eigenvalue weighted by Gasteiger charge is 2.58.